The van der Waals surface area contributed by atoms with Gasteiger partial charge < -0.3 is 10.2 Å². The topological polar surface area (TPSA) is 55.9 Å². The number of nitrogens with zero attached hydrogens (tertiary/aromatic N) is 3. The molecule has 1 aromatic rings. The molecule has 0 spiro atoms. The molecule has 0 bridgehead atoms. The van der Waals surface area contributed by atoms with E-state index < -0.39 is 0 Å². The zero-order valence-corrected chi connectivity index (χ0v) is 16.5. The van der Waals surface area contributed by atoms with Crippen LogP contribution in [0.3, 0.4) is 0 Å². The van der Waals surface area contributed by atoms with Crippen LogP contribution in [0.25, 0.3) is 0 Å². The molecule has 1 atom stereocenters. The quantitative estimate of drug-likeness (QED) is 0.825. The molecule has 0 aromatic heterocycles. The number of hydrogen-bond acceptors (Lipinski definition) is 4. The molecule has 1 N–H and O–H groups in total. The van der Waals surface area contributed by atoms with Gasteiger partial charge in [0.05, 0.1) is 12.6 Å². The Labute approximate surface area is 157 Å². The maximum Gasteiger partial charge on any atom is 0.237 e. The fourth-order valence-corrected chi connectivity index (χ4v) is 3.08. The predicted octanol–water partition coefficient (Wildman–Crippen LogP) is 1.10. The molecular weight excluding hydrogens is 328 g/mol. The maximum absolute atomic E-state index is 12.5. The Bertz CT molecular complexity index is 600. The minimum absolute atomic E-state index is 0.0587. The van der Waals surface area contributed by atoms with Crippen molar-refractivity contribution in [3.63, 3.8) is 0 Å². The summed E-state index contributed by atoms with van der Waals surface area (Å²) in [7, 11) is 3.57. The number of hydrogen-bond donors (Lipinski definition) is 1. The molecule has 144 valence electrons. The van der Waals surface area contributed by atoms with Gasteiger partial charge in [0.25, 0.3) is 0 Å². The molecule has 0 saturated carbocycles. The largest absolute Gasteiger partial charge is 0.351 e. The van der Waals surface area contributed by atoms with Crippen LogP contribution in [0, 0.1) is 6.92 Å². The minimum atomic E-state index is -0.162. The first kappa shape index (κ1) is 20.4. The normalized spacial score (nSPS) is 17.4. The van der Waals surface area contributed by atoms with E-state index in [0.717, 1.165) is 38.2 Å². The van der Waals surface area contributed by atoms with Crippen LogP contribution in [0.5, 0.6) is 0 Å². The van der Waals surface area contributed by atoms with Crippen LogP contribution < -0.4 is 5.32 Å². The van der Waals surface area contributed by atoms with E-state index in [-0.39, 0.29) is 17.9 Å². The minimum Gasteiger partial charge on any atom is -0.351 e. The van der Waals surface area contributed by atoms with E-state index in [4.69, 9.17) is 0 Å². The molecule has 1 heterocycles. The van der Waals surface area contributed by atoms with E-state index in [0.29, 0.717) is 13.1 Å². The van der Waals surface area contributed by atoms with Gasteiger partial charge >= 0.3 is 0 Å². The standard InChI is InChI=1S/C20H32N4O2/c1-16-6-8-18(9-7-16)14-21-20(26)17(2)24-11-5-10-23(12-13-24)15-19(25)22(3)4/h6-9,17H,5,10-15H2,1-4H3,(H,21,26)/t17-/m0/s1. The molecular formula is C20H32N4O2. The maximum atomic E-state index is 12.5. The van der Waals surface area contributed by atoms with E-state index in [9.17, 15) is 9.59 Å². The van der Waals surface area contributed by atoms with Gasteiger partial charge in [0, 0.05) is 40.3 Å². The molecule has 2 amide bonds. The Hall–Kier alpha value is -1.92. The van der Waals surface area contributed by atoms with Crippen LogP contribution >= 0.6 is 0 Å². The third-order valence-corrected chi connectivity index (χ3v) is 5.00. The summed E-state index contributed by atoms with van der Waals surface area (Å²) in [6.45, 7) is 8.43. The number of carbonyl (C=O) groups excluding carboxylic acids is 2. The molecule has 0 unspecified atom stereocenters. The molecule has 1 aliphatic heterocycles. The predicted molar refractivity (Wildman–Crippen MR) is 104 cm³/mol. The van der Waals surface area contributed by atoms with Crippen LogP contribution in [-0.2, 0) is 16.1 Å². The third kappa shape index (κ3) is 6.11. The lowest BCUT2D eigenvalue weighted by atomic mass is 10.1. The van der Waals surface area contributed by atoms with Crippen LogP contribution in [0.4, 0.5) is 0 Å². The second-order valence-electron chi connectivity index (χ2n) is 7.33. The van der Waals surface area contributed by atoms with Crippen molar-refractivity contribution in [3.05, 3.63) is 35.4 Å². The zero-order chi connectivity index (χ0) is 19.1. The van der Waals surface area contributed by atoms with Gasteiger partial charge in [-0.2, -0.15) is 0 Å². The average Bonchev–Trinajstić information content (AvgIpc) is 2.85. The Kier molecular flexibility index (Phi) is 7.60. The van der Waals surface area contributed by atoms with Crippen molar-refractivity contribution in [2.24, 2.45) is 0 Å². The first-order valence-electron chi connectivity index (χ1n) is 9.36. The summed E-state index contributed by atoms with van der Waals surface area (Å²) in [5.41, 5.74) is 2.33. The summed E-state index contributed by atoms with van der Waals surface area (Å²) < 4.78 is 0. The fraction of sp³-hybridized carbons (Fsp3) is 0.600. The zero-order valence-electron chi connectivity index (χ0n) is 16.5. The Morgan fingerprint density at radius 1 is 1.12 bits per heavy atom. The number of nitrogens with one attached hydrogen (secondary N) is 1. The summed E-state index contributed by atoms with van der Waals surface area (Å²) in [5.74, 6) is 0.186. The van der Waals surface area contributed by atoms with Crippen molar-refractivity contribution in [2.45, 2.75) is 32.9 Å². The van der Waals surface area contributed by atoms with Crippen LogP contribution in [0.15, 0.2) is 24.3 Å². The summed E-state index contributed by atoms with van der Waals surface area (Å²) in [6, 6.07) is 8.05. The number of likely N-dealkylation sites (N-methyl/N-ethyl adjacent to an activating group) is 1. The van der Waals surface area contributed by atoms with E-state index in [1.54, 1.807) is 19.0 Å². The van der Waals surface area contributed by atoms with Gasteiger partial charge in [-0.3, -0.25) is 19.4 Å². The second kappa shape index (κ2) is 9.69. The summed E-state index contributed by atoms with van der Waals surface area (Å²) in [6.07, 6.45) is 0.969. The smallest absolute Gasteiger partial charge is 0.237 e. The number of aryl methyl sites for hydroxylation is 1. The van der Waals surface area contributed by atoms with Crippen molar-refractivity contribution in [2.75, 3.05) is 46.8 Å². The molecule has 6 nitrogen and oxygen atoms in total. The van der Waals surface area contributed by atoms with Crippen LogP contribution in [-0.4, -0.2) is 79.4 Å². The molecule has 2 rings (SSSR count). The molecule has 0 aliphatic carbocycles. The molecule has 1 saturated heterocycles. The van der Waals surface area contributed by atoms with Crippen LogP contribution in [0.1, 0.15) is 24.5 Å². The number of benzene rings is 1. The van der Waals surface area contributed by atoms with Crippen molar-refractivity contribution in [3.8, 4) is 0 Å². The average molecular weight is 361 g/mol. The van der Waals surface area contributed by atoms with Gasteiger partial charge in [0.1, 0.15) is 0 Å². The summed E-state index contributed by atoms with van der Waals surface area (Å²) in [4.78, 5) is 30.4. The molecule has 1 aliphatic rings. The number of rotatable bonds is 6. The second-order valence-corrected chi connectivity index (χ2v) is 7.33. The van der Waals surface area contributed by atoms with Gasteiger partial charge in [-0.25, -0.2) is 0 Å². The highest BCUT2D eigenvalue weighted by Crippen LogP contribution is 2.09. The fourth-order valence-electron chi connectivity index (χ4n) is 3.08. The Balaban J connectivity index is 1.80. The lowest BCUT2D eigenvalue weighted by molar-refractivity contribution is -0.130. The Morgan fingerprint density at radius 3 is 2.46 bits per heavy atom. The molecule has 1 aromatic carbocycles. The van der Waals surface area contributed by atoms with E-state index in [1.807, 2.05) is 19.1 Å². The van der Waals surface area contributed by atoms with Gasteiger partial charge in [0.2, 0.25) is 11.8 Å². The van der Waals surface area contributed by atoms with E-state index >= 15 is 0 Å². The lowest BCUT2D eigenvalue weighted by Crippen LogP contribution is -2.46. The number of amides is 2. The van der Waals surface area contributed by atoms with Gasteiger partial charge in [-0.05, 0) is 32.4 Å². The van der Waals surface area contributed by atoms with E-state index in [1.165, 1.54) is 5.56 Å². The highest BCUT2D eigenvalue weighted by Gasteiger charge is 2.24. The highest BCUT2D eigenvalue weighted by molar-refractivity contribution is 5.81. The summed E-state index contributed by atoms with van der Waals surface area (Å²) in [5, 5.41) is 3.04. The summed E-state index contributed by atoms with van der Waals surface area (Å²) >= 11 is 0. The first-order valence-corrected chi connectivity index (χ1v) is 9.36. The van der Waals surface area contributed by atoms with Crippen LogP contribution in [0.2, 0.25) is 0 Å². The Morgan fingerprint density at radius 2 is 1.81 bits per heavy atom. The van der Waals surface area contributed by atoms with Crippen molar-refractivity contribution < 1.29 is 9.59 Å². The van der Waals surface area contributed by atoms with Crippen molar-refractivity contribution in [1.29, 1.82) is 0 Å². The monoisotopic (exact) mass is 360 g/mol. The van der Waals surface area contributed by atoms with E-state index in [2.05, 4.69) is 34.2 Å². The lowest BCUT2D eigenvalue weighted by Gasteiger charge is -2.27. The highest BCUT2D eigenvalue weighted by atomic mass is 16.2. The third-order valence-electron chi connectivity index (χ3n) is 5.00. The first-order chi connectivity index (χ1) is 12.4. The molecule has 1 fully saturated rings. The van der Waals surface area contributed by atoms with Crippen molar-refractivity contribution >= 4 is 11.8 Å². The van der Waals surface area contributed by atoms with Gasteiger partial charge in [0.15, 0.2) is 0 Å². The molecule has 6 heteroatoms. The van der Waals surface area contributed by atoms with Gasteiger partial charge in [-0.15, -0.1) is 0 Å². The molecule has 0 radical (unpaired) electrons. The SMILES string of the molecule is Cc1ccc(CNC(=O)[C@H](C)N2CCCN(CC(=O)N(C)C)CC2)cc1. The molecule has 26 heavy (non-hydrogen) atoms. The number of carbonyl (C=O) groups is 2. The van der Waals surface area contributed by atoms with Gasteiger partial charge in [-0.1, -0.05) is 29.8 Å². The van der Waals surface area contributed by atoms with Crippen molar-refractivity contribution in [1.82, 2.24) is 20.0 Å².